The molecule has 2 amide bonds. The van der Waals surface area contributed by atoms with Crippen molar-refractivity contribution in [2.75, 3.05) is 33.7 Å². The first-order valence-electron chi connectivity index (χ1n) is 8.59. The van der Waals surface area contributed by atoms with E-state index in [-0.39, 0.29) is 24.2 Å². The largest absolute Gasteiger partial charge is 0.352 e. The quantitative estimate of drug-likeness (QED) is 0.787. The SMILES string of the molecule is CN(C)CCN1CC(C(=O)NCc2ccc(-c3ncon3)cc2)CC1=O. The molecule has 1 aromatic heterocycles. The maximum atomic E-state index is 12.4. The average Bonchev–Trinajstić information content (AvgIpc) is 3.28. The number of hydrogen-bond donors (Lipinski definition) is 1. The van der Waals surface area contributed by atoms with Crippen LogP contribution >= 0.6 is 0 Å². The zero-order valence-corrected chi connectivity index (χ0v) is 15.0. The molecule has 1 aromatic carbocycles. The highest BCUT2D eigenvalue weighted by Crippen LogP contribution is 2.18. The van der Waals surface area contributed by atoms with E-state index in [0.29, 0.717) is 25.5 Å². The maximum Gasteiger partial charge on any atom is 0.225 e. The van der Waals surface area contributed by atoms with Crippen LogP contribution in [0.2, 0.25) is 0 Å². The predicted octanol–water partition coefficient (Wildman–Crippen LogP) is 0.763. The first-order chi connectivity index (χ1) is 12.5. The van der Waals surface area contributed by atoms with E-state index in [2.05, 4.69) is 15.5 Å². The lowest BCUT2D eigenvalue weighted by molar-refractivity contribution is -0.129. The Balaban J connectivity index is 1.49. The highest BCUT2D eigenvalue weighted by Gasteiger charge is 2.33. The highest BCUT2D eigenvalue weighted by molar-refractivity contribution is 5.89. The van der Waals surface area contributed by atoms with Crippen LogP contribution in [0.25, 0.3) is 11.4 Å². The summed E-state index contributed by atoms with van der Waals surface area (Å²) in [5.74, 6) is 0.232. The van der Waals surface area contributed by atoms with Crippen molar-refractivity contribution in [3.8, 4) is 11.4 Å². The molecule has 0 aliphatic carbocycles. The van der Waals surface area contributed by atoms with Gasteiger partial charge in [0.2, 0.25) is 24.0 Å². The second-order valence-electron chi connectivity index (χ2n) is 6.71. The molecular weight excluding hydrogens is 334 g/mol. The number of carbonyl (C=O) groups excluding carboxylic acids is 2. The summed E-state index contributed by atoms with van der Waals surface area (Å²) < 4.78 is 4.73. The third-order valence-corrected chi connectivity index (χ3v) is 4.44. The van der Waals surface area contributed by atoms with E-state index in [0.717, 1.165) is 17.7 Å². The highest BCUT2D eigenvalue weighted by atomic mass is 16.5. The van der Waals surface area contributed by atoms with Crippen molar-refractivity contribution in [3.63, 3.8) is 0 Å². The number of benzene rings is 1. The topological polar surface area (TPSA) is 91.6 Å². The number of nitrogens with one attached hydrogen (secondary N) is 1. The number of aromatic nitrogens is 2. The van der Waals surface area contributed by atoms with Crippen LogP contribution in [-0.2, 0) is 16.1 Å². The first-order valence-corrected chi connectivity index (χ1v) is 8.59. The molecule has 1 N–H and O–H groups in total. The van der Waals surface area contributed by atoms with Crippen molar-refractivity contribution in [2.45, 2.75) is 13.0 Å². The smallest absolute Gasteiger partial charge is 0.225 e. The van der Waals surface area contributed by atoms with Crippen molar-refractivity contribution in [1.82, 2.24) is 25.3 Å². The van der Waals surface area contributed by atoms with Gasteiger partial charge < -0.3 is 19.6 Å². The summed E-state index contributed by atoms with van der Waals surface area (Å²) in [4.78, 5) is 32.2. The molecule has 1 unspecified atom stereocenters. The van der Waals surface area contributed by atoms with Gasteiger partial charge in [-0.2, -0.15) is 4.98 Å². The van der Waals surface area contributed by atoms with E-state index < -0.39 is 0 Å². The van der Waals surface area contributed by atoms with Crippen molar-refractivity contribution in [1.29, 1.82) is 0 Å². The molecule has 8 heteroatoms. The lowest BCUT2D eigenvalue weighted by Crippen LogP contribution is -2.35. The number of nitrogens with zero attached hydrogens (tertiary/aromatic N) is 4. The van der Waals surface area contributed by atoms with Gasteiger partial charge in [-0.3, -0.25) is 9.59 Å². The predicted molar refractivity (Wildman–Crippen MR) is 94.8 cm³/mol. The molecule has 1 aliphatic heterocycles. The van der Waals surface area contributed by atoms with Crippen LogP contribution in [0.15, 0.2) is 35.2 Å². The molecule has 1 fully saturated rings. The van der Waals surface area contributed by atoms with Gasteiger partial charge in [0, 0.05) is 38.2 Å². The Morgan fingerprint density at radius 1 is 1.35 bits per heavy atom. The van der Waals surface area contributed by atoms with E-state index >= 15 is 0 Å². The molecule has 0 radical (unpaired) electrons. The van der Waals surface area contributed by atoms with Gasteiger partial charge in [-0.05, 0) is 19.7 Å². The van der Waals surface area contributed by atoms with Crippen molar-refractivity contribution < 1.29 is 14.1 Å². The van der Waals surface area contributed by atoms with Crippen LogP contribution in [0.3, 0.4) is 0 Å². The summed E-state index contributed by atoms with van der Waals surface area (Å²) in [7, 11) is 3.93. The van der Waals surface area contributed by atoms with E-state index in [1.165, 1.54) is 6.39 Å². The number of likely N-dealkylation sites (N-methyl/N-ethyl adjacent to an activating group) is 1. The van der Waals surface area contributed by atoms with Gasteiger partial charge in [0.1, 0.15) is 0 Å². The Morgan fingerprint density at radius 3 is 2.77 bits per heavy atom. The third-order valence-electron chi connectivity index (χ3n) is 4.44. The molecule has 1 aliphatic rings. The lowest BCUT2D eigenvalue weighted by atomic mass is 10.1. The zero-order chi connectivity index (χ0) is 18.5. The molecule has 0 saturated carbocycles. The van der Waals surface area contributed by atoms with Gasteiger partial charge >= 0.3 is 0 Å². The standard InChI is InChI=1S/C18H23N5O3/c1-22(2)7-8-23-11-15(9-16(23)24)18(25)19-10-13-3-5-14(6-4-13)17-20-12-26-21-17/h3-6,12,15H,7-11H2,1-2H3,(H,19,25). The van der Waals surface area contributed by atoms with Crippen LogP contribution in [-0.4, -0.2) is 65.5 Å². The summed E-state index contributed by atoms with van der Waals surface area (Å²) >= 11 is 0. The van der Waals surface area contributed by atoms with Gasteiger partial charge in [-0.15, -0.1) is 0 Å². The molecule has 26 heavy (non-hydrogen) atoms. The fourth-order valence-corrected chi connectivity index (χ4v) is 2.89. The van der Waals surface area contributed by atoms with E-state index in [4.69, 9.17) is 4.52 Å². The Kier molecular flexibility index (Phi) is 5.62. The van der Waals surface area contributed by atoms with Gasteiger partial charge in [0.05, 0.1) is 5.92 Å². The molecule has 138 valence electrons. The normalized spacial score (nSPS) is 17.1. The van der Waals surface area contributed by atoms with Gasteiger partial charge in [-0.1, -0.05) is 29.4 Å². The number of hydrogen-bond acceptors (Lipinski definition) is 6. The van der Waals surface area contributed by atoms with Crippen molar-refractivity contribution in [3.05, 3.63) is 36.2 Å². The van der Waals surface area contributed by atoms with Crippen LogP contribution < -0.4 is 5.32 Å². The number of rotatable bonds is 7. The van der Waals surface area contributed by atoms with E-state index in [1.54, 1.807) is 4.90 Å². The second kappa shape index (κ2) is 8.09. The third kappa shape index (κ3) is 4.45. The molecule has 8 nitrogen and oxygen atoms in total. The molecule has 0 bridgehead atoms. The molecule has 0 spiro atoms. The summed E-state index contributed by atoms with van der Waals surface area (Å²) in [6.07, 6.45) is 1.57. The van der Waals surface area contributed by atoms with Gasteiger partial charge in [0.15, 0.2) is 0 Å². The van der Waals surface area contributed by atoms with E-state index in [9.17, 15) is 9.59 Å². The first kappa shape index (κ1) is 18.1. The number of likely N-dealkylation sites (tertiary alicyclic amines) is 1. The van der Waals surface area contributed by atoms with Crippen LogP contribution in [0.5, 0.6) is 0 Å². The molecule has 1 atom stereocenters. The fraction of sp³-hybridized carbons (Fsp3) is 0.444. The van der Waals surface area contributed by atoms with Gasteiger partial charge in [-0.25, -0.2) is 0 Å². The molecule has 3 rings (SSSR count). The summed E-state index contributed by atoms with van der Waals surface area (Å²) in [6, 6.07) is 7.59. The zero-order valence-electron chi connectivity index (χ0n) is 15.0. The van der Waals surface area contributed by atoms with Crippen LogP contribution in [0.4, 0.5) is 0 Å². The summed E-state index contributed by atoms with van der Waals surface area (Å²) in [5, 5.41) is 6.71. The number of carbonyl (C=O) groups is 2. The Labute approximate surface area is 152 Å². The van der Waals surface area contributed by atoms with E-state index in [1.807, 2.05) is 43.3 Å². The summed E-state index contributed by atoms with van der Waals surface area (Å²) in [5.41, 5.74) is 1.83. The minimum Gasteiger partial charge on any atom is -0.352 e. The monoisotopic (exact) mass is 357 g/mol. The van der Waals surface area contributed by atoms with Gasteiger partial charge in [0.25, 0.3) is 0 Å². The number of amides is 2. The molecular formula is C18H23N5O3. The molecule has 1 saturated heterocycles. The Bertz CT molecular complexity index is 743. The Morgan fingerprint density at radius 2 is 2.12 bits per heavy atom. The van der Waals surface area contributed by atoms with Crippen LogP contribution in [0.1, 0.15) is 12.0 Å². The van der Waals surface area contributed by atoms with Crippen molar-refractivity contribution >= 4 is 11.8 Å². The average molecular weight is 357 g/mol. The second-order valence-corrected chi connectivity index (χ2v) is 6.71. The summed E-state index contributed by atoms with van der Waals surface area (Å²) in [6.45, 7) is 2.38. The molecule has 2 heterocycles. The molecule has 2 aromatic rings. The Hall–Kier alpha value is -2.74. The maximum absolute atomic E-state index is 12.4. The lowest BCUT2D eigenvalue weighted by Gasteiger charge is -2.19. The van der Waals surface area contributed by atoms with Crippen LogP contribution in [0, 0.1) is 5.92 Å². The fourth-order valence-electron chi connectivity index (χ4n) is 2.89. The van der Waals surface area contributed by atoms with Crippen molar-refractivity contribution in [2.24, 2.45) is 5.92 Å². The minimum absolute atomic E-state index is 0.0523. The minimum atomic E-state index is -0.275.